The minimum Gasteiger partial charge on any atom is -0.354 e. The largest absolute Gasteiger partial charge is 0.354 e. The van der Waals surface area contributed by atoms with Crippen LogP contribution in [-0.4, -0.2) is 56.0 Å². The maximum Gasteiger partial charge on any atom is 0.267 e. The minimum atomic E-state index is -0.290. The highest BCUT2D eigenvalue weighted by molar-refractivity contribution is 5.75. The molecule has 0 radical (unpaired) electrons. The number of carbonyl (C=O) groups excluding carboxylic acids is 1. The van der Waals surface area contributed by atoms with Gasteiger partial charge in [-0.15, -0.1) is 5.10 Å². The number of nitrogens with zero attached hydrogens (tertiary/aromatic N) is 5. The first kappa shape index (κ1) is 19.8. The summed E-state index contributed by atoms with van der Waals surface area (Å²) in [6.45, 7) is 6.81. The number of hydrogen-bond acceptors (Lipinski definition) is 5. The molecule has 2 atom stereocenters. The predicted molar refractivity (Wildman–Crippen MR) is 110 cm³/mol. The van der Waals surface area contributed by atoms with Gasteiger partial charge in [0.1, 0.15) is 6.54 Å². The molecule has 0 bridgehead atoms. The molecule has 2 aromatic rings. The summed E-state index contributed by atoms with van der Waals surface area (Å²) in [6, 6.07) is 5.61. The van der Waals surface area contributed by atoms with Crippen molar-refractivity contribution in [2.75, 3.05) is 19.6 Å². The monoisotopic (exact) mass is 398 g/mol. The zero-order valence-corrected chi connectivity index (χ0v) is 17.3. The maximum absolute atomic E-state index is 12.5. The van der Waals surface area contributed by atoms with Crippen LogP contribution < -0.4 is 10.9 Å². The number of carbonyl (C=O) groups is 1. The van der Waals surface area contributed by atoms with Gasteiger partial charge in [0, 0.05) is 24.3 Å². The van der Waals surface area contributed by atoms with Crippen molar-refractivity contribution in [1.29, 1.82) is 0 Å². The number of fused-ring (bicyclic) bond motifs is 1. The number of aromatic nitrogens is 4. The Balaban J connectivity index is 1.40. The number of piperidine rings is 2. The van der Waals surface area contributed by atoms with Gasteiger partial charge in [-0.2, -0.15) is 5.10 Å². The first-order valence-corrected chi connectivity index (χ1v) is 10.6. The minimum absolute atomic E-state index is 0.0763. The van der Waals surface area contributed by atoms with E-state index < -0.39 is 0 Å². The van der Waals surface area contributed by atoms with E-state index in [1.165, 1.54) is 49.5 Å². The standard InChI is InChI=1S/C21H30N6O2/c1-15-12-16(2)27(23-15)19-8-9-21(29)26(24-19)14-20(28)22-13-17-6-5-11-25-10-4-3-7-18(17)25/h8-9,12,17-18H,3-7,10-11,13-14H2,1-2H3,(H,22,28). The lowest BCUT2D eigenvalue weighted by atomic mass is 9.83. The smallest absolute Gasteiger partial charge is 0.267 e. The fourth-order valence-corrected chi connectivity index (χ4v) is 4.78. The Hall–Kier alpha value is -2.48. The Morgan fingerprint density at radius 1 is 1.14 bits per heavy atom. The van der Waals surface area contributed by atoms with E-state index in [4.69, 9.17) is 0 Å². The summed E-state index contributed by atoms with van der Waals surface area (Å²) in [7, 11) is 0. The molecule has 0 spiro atoms. The number of nitrogens with one attached hydrogen (secondary N) is 1. The second-order valence-corrected chi connectivity index (χ2v) is 8.33. The highest BCUT2D eigenvalue weighted by Crippen LogP contribution is 2.30. The van der Waals surface area contributed by atoms with Gasteiger partial charge in [0.05, 0.1) is 5.69 Å². The maximum atomic E-state index is 12.5. The second kappa shape index (κ2) is 8.49. The summed E-state index contributed by atoms with van der Waals surface area (Å²) in [4.78, 5) is 27.3. The zero-order valence-electron chi connectivity index (χ0n) is 17.3. The molecule has 2 aliphatic heterocycles. The van der Waals surface area contributed by atoms with E-state index in [1.807, 2.05) is 19.9 Å². The third-order valence-corrected chi connectivity index (χ3v) is 6.16. The van der Waals surface area contributed by atoms with Gasteiger partial charge in [0.15, 0.2) is 5.82 Å². The molecule has 1 N–H and O–H groups in total. The van der Waals surface area contributed by atoms with Crippen molar-refractivity contribution in [1.82, 2.24) is 29.8 Å². The SMILES string of the molecule is Cc1cc(C)n(-c2ccc(=O)n(CC(=O)NCC3CCCN4CCCCC34)n2)n1. The van der Waals surface area contributed by atoms with Crippen molar-refractivity contribution in [2.24, 2.45) is 5.92 Å². The Kier molecular flexibility index (Phi) is 5.80. The molecule has 1 amide bonds. The Morgan fingerprint density at radius 3 is 2.76 bits per heavy atom. The van der Waals surface area contributed by atoms with Gasteiger partial charge in [0.25, 0.3) is 5.56 Å². The van der Waals surface area contributed by atoms with E-state index in [2.05, 4.69) is 20.4 Å². The van der Waals surface area contributed by atoms with Crippen LogP contribution in [0.2, 0.25) is 0 Å². The quantitative estimate of drug-likeness (QED) is 0.824. The van der Waals surface area contributed by atoms with E-state index in [0.717, 1.165) is 17.8 Å². The van der Waals surface area contributed by atoms with Crippen molar-refractivity contribution >= 4 is 5.91 Å². The molecule has 2 aliphatic rings. The normalized spacial score (nSPS) is 22.3. The predicted octanol–water partition coefficient (Wildman–Crippen LogP) is 1.43. The number of rotatable bonds is 5. The molecule has 0 aliphatic carbocycles. The van der Waals surface area contributed by atoms with E-state index in [-0.39, 0.29) is 18.0 Å². The Morgan fingerprint density at radius 2 is 1.97 bits per heavy atom. The van der Waals surface area contributed by atoms with Crippen LogP contribution >= 0.6 is 0 Å². The summed E-state index contributed by atoms with van der Waals surface area (Å²) >= 11 is 0. The molecule has 4 heterocycles. The molecule has 2 aromatic heterocycles. The first-order chi connectivity index (χ1) is 14.0. The third-order valence-electron chi connectivity index (χ3n) is 6.16. The topological polar surface area (TPSA) is 85.0 Å². The number of amides is 1. The van der Waals surface area contributed by atoms with Crippen LogP contribution in [0.3, 0.4) is 0 Å². The van der Waals surface area contributed by atoms with Gasteiger partial charge in [-0.05, 0) is 70.7 Å². The van der Waals surface area contributed by atoms with Crippen LogP contribution in [0.4, 0.5) is 0 Å². The molecule has 4 rings (SSSR count). The fourth-order valence-electron chi connectivity index (χ4n) is 4.78. The van der Waals surface area contributed by atoms with Gasteiger partial charge in [0.2, 0.25) is 5.91 Å². The van der Waals surface area contributed by atoms with E-state index >= 15 is 0 Å². The Labute approximate surface area is 170 Å². The lowest BCUT2D eigenvalue weighted by Crippen LogP contribution is -2.51. The summed E-state index contributed by atoms with van der Waals surface area (Å²) in [5, 5.41) is 11.8. The van der Waals surface area contributed by atoms with Crippen molar-refractivity contribution in [3.8, 4) is 5.82 Å². The summed E-state index contributed by atoms with van der Waals surface area (Å²) in [6.07, 6.45) is 6.15. The molecule has 0 saturated carbocycles. The number of hydrogen-bond donors (Lipinski definition) is 1. The van der Waals surface area contributed by atoms with Crippen LogP contribution in [0.25, 0.3) is 5.82 Å². The average Bonchev–Trinajstić information content (AvgIpc) is 3.06. The van der Waals surface area contributed by atoms with Gasteiger partial charge >= 0.3 is 0 Å². The third kappa shape index (κ3) is 4.42. The Bertz CT molecular complexity index is 931. The first-order valence-electron chi connectivity index (χ1n) is 10.6. The van der Waals surface area contributed by atoms with Crippen LogP contribution in [-0.2, 0) is 11.3 Å². The van der Waals surface area contributed by atoms with Crippen LogP contribution in [0.1, 0.15) is 43.5 Å². The molecule has 0 aromatic carbocycles. The van der Waals surface area contributed by atoms with E-state index in [9.17, 15) is 9.59 Å². The molecule has 2 fully saturated rings. The fraction of sp³-hybridized carbons (Fsp3) is 0.619. The second-order valence-electron chi connectivity index (χ2n) is 8.33. The van der Waals surface area contributed by atoms with E-state index in [1.54, 1.807) is 10.7 Å². The summed E-state index contributed by atoms with van der Waals surface area (Å²) in [5.41, 5.74) is 1.52. The highest BCUT2D eigenvalue weighted by Gasteiger charge is 2.32. The molecule has 2 unspecified atom stereocenters. The molecule has 2 saturated heterocycles. The lowest BCUT2D eigenvalue weighted by molar-refractivity contribution is -0.122. The molecule has 8 heteroatoms. The van der Waals surface area contributed by atoms with Crippen LogP contribution in [0.15, 0.2) is 23.0 Å². The summed E-state index contributed by atoms with van der Waals surface area (Å²) < 4.78 is 2.90. The van der Waals surface area contributed by atoms with Crippen LogP contribution in [0, 0.1) is 19.8 Å². The molecular formula is C21H30N6O2. The zero-order chi connectivity index (χ0) is 20.4. The molecular weight excluding hydrogens is 368 g/mol. The lowest BCUT2D eigenvalue weighted by Gasteiger charge is -2.44. The van der Waals surface area contributed by atoms with Crippen molar-refractivity contribution in [3.63, 3.8) is 0 Å². The summed E-state index contributed by atoms with van der Waals surface area (Å²) in [5.74, 6) is 0.866. The van der Waals surface area contributed by atoms with Crippen molar-refractivity contribution in [3.05, 3.63) is 39.9 Å². The number of aryl methyl sites for hydroxylation is 2. The van der Waals surface area contributed by atoms with Gasteiger partial charge in [-0.1, -0.05) is 6.42 Å². The van der Waals surface area contributed by atoms with Gasteiger partial charge in [-0.25, -0.2) is 9.36 Å². The average molecular weight is 399 g/mol. The van der Waals surface area contributed by atoms with Crippen LogP contribution in [0.5, 0.6) is 0 Å². The van der Waals surface area contributed by atoms with Crippen molar-refractivity contribution in [2.45, 2.75) is 58.5 Å². The van der Waals surface area contributed by atoms with Crippen molar-refractivity contribution < 1.29 is 4.79 Å². The van der Waals surface area contributed by atoms with Gasteiger partial charge < -0.3 is 10.2 Å². The van der Waals surface area contributed by atoms with Gasteiger partial charge in [-0.3, -0.25) is 9.59 Å². The molecule has 8 nitrogen and oxygen atoms in total. The highest BCUT2D eigenvalue weighted by atomic mass is 16.2. The van der Waals surface area contributed by atoms with E-state index in [0.29, 0.717) is 24.3 Å². The molecule has 29 heavy (non-hydrogen) atoms. The molecule has 156 valence electrons.